The fourth-order valence-electron chi connectivity index (χ4n) is 8.33. The van der Waals surface area contributed by atoms with Gasteiger partial charge in [-0.3, -0.25) is 19.2 Å². The zero-order valence-corrected chi connectivity index (χ0v) is 45.0. The Hall–Kier alpha value is -10.9. The second kappa shape index (κ2) is 25.7. The molecule has 29 heteroatoms. The maximum Gasteiger partial charge on any atom is 0.405 e. The molecule has 12 aromatic heterocycles. The van der Waals surface area contributed by atoms with Gasteiger partial charge in [-0.1, -0.05) is 13.8 Å². The molecule has 12 rings (SSSR count). The number of hydrogen-bond acceptors (Lipinski definition) is 12. The molecule has 0 bridgehead atoms. The van der Waals surface area contributed by atoms with Crippen LogP contribution in [0.2, 0.25) is 0 Å². The predicted octanol–water partition coefficient (Wildman–Crippen LogP) is 10.6. The molecule has 0 aliphatic carbocycles. The Morgan fingerprint density at radius 2 is 0.762 bits per heavy atom. The number of H-pyrrole nitrogens is 8. The highest BCUT2D eigenvalue weighted by molar-refractivity contribution is 5.99. The minimum absolute atomic E-state index is 0. The Morgan fingerprint density at radius 3 is 1.06 bits per heavy atom. The van der Waals surface area contributed by atoms with Crippen molar-refractivity contribution in [3.63, 3.8) is 0 Å². The first-order valence-corrected chi connectivity index (χ1v) is 25.8. The number of fused-ring (bicyclic) bond motifs is 4. The van der Waals surface area contributed by atoms with Crippen molar-refractivity contribution in [2.75, 3.05) is 19.6 Å². The molecule has 448 valence electrons. The lowest BCUT2D eigenvalue weighted by atomic mass is 10.1. The Bertz CT molecular complexity index is 4100. The van der Waals surface area contributed by atoms with Gasteiger partial charge in [0, 0.05) is 117 Å². The minimum atomic E-state index is -4.45. The van der Waals surface area contributed by atoms with Gasteiger partial charge < -0.3 is 61.1 Å². The summed E-state index contributed by atoms with van der Waals surface area (Å²) in [4.78, 5) is 104. The molecule has 12 aromatic rings. The van der Waals surface area contributed by atoms with Crippen LogP contribution in [0.1, 0.15) is 81.1 Å². The van der Waals surface area contributed by atoms with E-state index in [0.717, 1.165) is 55.4 Å². The van der Waals surface area contributed by atoms with Crippen LogP contribution in [0.5, 0.6) is 0 Å². The number of rotatable bonds is 14. The summed E-state index contributed by atoms with van der Waals surface area (Å²) < 4.78 is 60.4. The van der Waals surface area contributed by atoms with Crippen molar-refractivity contribution >= 4 is 67.8 Å². The Morgan fingerprint density at radius 1 is 0.452 bits per heavy atom. The molecule has 0 spiro atoms. The van der Waals surface area contributed by atoms with Crippen molar-refractivity contribution < 1.29 is 52.5 Å². The van der Waals surface area contributed by atoms with Gasteiger partial charge >= 0.3 is 6.18 Å². The van der Waals surface area contributed by atoms with Crippen molar-refractivity contribution in [2.45, 2.75) is 46.3 Å². The van der Waals surface area contributed by atoms with Crippen molar-refractivity contribution in [2.24, 2.45) is 5.92 Å². The summed E-state index contributed by atoms with van der Waals surface area (Å²) in [6.07, 6.45) is 12.6. The lowest BCUT2D eigenvalue weighted by molar-refractivity contribution is -0.123. The molecule has 84 heavy (non-hydrogen) atoms. The normalized spacial score (nSPS) is 11.3. The van der Waals surface area contributed by atoms with Crippen molar-refractivity contribution in [1.29, 1.82) is 0 Å². The van der Waals surface area contributed by atoms with Gasteiger partial charge in [-0.2, -0.15) is 13.2 Å². The van der Waals surface area contributed by atoms with E-state index >= 15 is 0 Å². The van der Waals surface area contributed by atoms with Crippen LogP contribution in [-0.4, -0.2) is 142 Å². The van der Waals surface area contributed by atoms with Crippen LogP contribution in [0, 0.1) is 5.92 Å². The molecular formula is C55H69F5N20O4. The van der Waals surface area contributed by atoms with Crippen LogP contribution in [0.25, 0.3) is 89.2 Å². The third kappa shape index (κ3) is 14.2. The second-order valence-corrected chi connectivity index (χ2v) is 19.2. The summed E-state index contributed by atoms with van der Waals surface area (Å²) in [6.45, 7) is 6.57. The summed E-state index contributed by atoms with van der Waals surface area (Å²) in [5, 5.41) is 13.1. The lowest BCUT2D eigenvalue weighted by Crippen LogP contribution is -2.33. The number of nitrogens with zero attached hydrogens (tertiary/aromatic N) is 8. The number of carbonyl (C=O) groups is 4. The number of hydrogen-bond donors (Lipinski definition) is 12. The smallest absolute Gasteiger partial charge is 0.357 e. The number of alkyl halides is 5. The van der Waals surface area contributed by atoms with Crippen molar-refractivity contribution in [3.05, 3.63) is 146 Å². The van der Waals surface area contributed by atoms with E-state index in [1.807, 2.05) is 50.5 Å². The van der Waals surface area contributed by atoms with E-state index in [4.69, 9.17) is 0 Å². The first-order chi connectivity index (χ1) is 40.4. The highest BCUT2D eigenvalue weighted by Crippen LogP contribution is 2.29. The topological polar surface area (TPSA) is 346 Å². The maximum atomic E-state index is 12.1. The standard InChI is InChI=1S/C15H17N5O.C14H15N5O.C13H10F3N5O.C13H11F2N5O.8H2/c1-9(2)6-18-15(21)12-5-10(7-17-12)13-11-3-4-16-14(11)20-8-19-13;1-8(2)19-14(20)11-5-9(6-16-11)12-10-3-4-15-13(10)18-7-17-12;14-13(15,16)5-19-12(22)9-3-7(4-18-9)10-8-1-2-17-11(8)21-6-20-10;14-10(15)5-18-13(21)9-3-7(4-17-9)11-8-1-2-16-12(8)20-6-19-11;;;;;;;;/h3-5,7-9,17H,6H2,1-2H3,(H,18,21)(H,16,19,20);3-8,16H,1-2H3,(H,19,20)(H,15,17,18);1-4,6,18H,5H2,(H,19,22)(H,17,20,21);1-4,6,10,17H,5H2,(H,18,21)(H,16,19,20);8*1H. The van der Waals surface area contributed by atoms with E-state index in [-0.39, 0.29) is 40.7 Å². The fourth-order valence-corrected chi connectivity index (χ4v) is 8.33. The first-order valence-electron chi connectivity index (χ1n) is 25.8. The third-order valence-corrected chi connectivity index (χ3v) is 12.2. The molecule has 24 nitrogen and oxygen atoms in total. The van der Waals surface area contributed by atoms with Gasteiger partial charge in [0.05, 0.1) is 29.3 Å². The summed E-state index contributed by atoms with van der Waals surface area (Å²) in [7, 11) is 0. The Kier molecular flexibility index (Phi) is 17.7. The highest BCUT2D eigenvalue weighted by Gasteiger charge is 2.28. The first kappa shape index (κ1) is 57.8. The molecule has 0 aliphatic heterocycles. The average Bonchev–Trinajstić information content (AvgIpc) is 1.77. The SMILES string of the molecule is CC(C)CNC(=O)c1cc(-c2ncnc3[nH]ccc23)c[nH]1.CC(C)NC(=O)c1cc(-c2ncnc3[nH]ccc23)c[nH]1.O=C(NCC(F)(F)F)c1cc(-c2ncnc3[nH]ccc23)c[nH]1.O=C(NCC(F)F)c1cc(-c2ncnc3[nH]ccc23)c[nH]1.[HH].[HH].[HH].[HH].[HH].[HH].[HH].[HH]. The van der Waals surface area contributed by atoms with E-state index in [2.05, 4.69) is 110 Å². The highest BCUT2D eigenvalue weighted by atomic mass is 19.4. The second-order valence-electron chi connectivity index (χ2n) is 19.2. The molecule has 0 aromatic carbocycles. The number of nitrogens with one attached hydrogen (secondary N) is 12. The molecule has 0 aliphatic rings. The maximum absolute atomic E-state index is 12.1. The molecule has 0 unspecified atom stereocenters. The van der Waals surface area contributed by atoms with Crippen LogP contribution in [0.15, 0.2) is 123 Å². The molecule has 4 amide bonds. The molecule has 0 saturated heterocycles. The molecule has 0 atom stereocenters. The van der Waals surface area contributed by atoms with E-state index in [1.165, 1.54) is 37.6 Å². The summed E-state index contributed by atoms with van der Waals surface area (Å²) in [6, 6.07) is 14.2. The Balaban J connectivity index is 0.000000596. The third-order valence-electron chi connectivity index (χ3n) is 12.2. The number of amides is 4. The van der Waals surface area contributed by atoms with E-state index in [9.17, 15) is 41.1 Å². The van der Waals surface area contributed by atoms with Crippen LogP contribution in [-0.2, 0) is 0 Å². The molecule has 0 saturated carbocycles. The van der Waals surface area contributed by atoms with Gasteiger partial charge in [0.1, 0.15) is 77.2 Å². The number of carbonyl (C=O) groups excluding carboxylic acids is 4. The van der Waals surface area contributed by atoms with Gasteiger partial charge in [0.2, 0.25) is 0 Å². The van der Waals surface area contributed by atoms with Crippen molar-refractivity contribution in [3.8, 4) is 45.0 Å². The van der Waals surface area contributed by atoms with Crippen LogP contribution >= 0.6 is 0 Å². The van der Waals surface area contributed by atoms with Crippen LogP contribution in [0.3, 0.4) is 0 Å². The molecular weight excluding hydrogens is 1100 g/mol. The average molecular weight is 1170 g/mol. The van der Waals surface area contributed by atoms with E-state index in [1.54, 1.807) is 54.5 Å². The van der Waals surface area contributed by atoms with Gasteiger partial charge in [-0.05, 0) is 68.3 Å². The molecule has 0 radical (unpaired) electrons. The molecule has 0 fully saturated rings. The summed E-state index contributed by atoms with van der Waals surface area (Å²) >= 11 is 0. The zero-order chi connectivity index (χ0) is 59.5. The largest absolute Gasteiger partial charge is 0.405 e. The van der Waals surface area contributed by atoms with E-state index in [0.29, 0.717) is 57.7 Å². The van der Waals surface area contributed by atoms with Gasteiger partial charge in [0.15, 0.2) is 0 Å². The fraction of sp³-hybridized carbons (Fsp3) is 0.200. The van der Waals surface area contributed by atoms with E-state index < -0.39 is 37.5 Å². The summed E-state index contributed by atoms with van der Waals surface area (Å²) in [5.74, 6) is -1.21. The monoisotopic (exact) mass is 1170 g/mol. The Labute approximate surface area is 483 Å². The van der Waals surface area contributed by atoms with Gasteiger partial charge in [-0.15, -0.1) is 0 Å². The van der Waals surface area contributed by atoms with Crippen molar-refractivity contribution in [1.82, 2.24) is 101 Å². The number of halogens is 5. The zero-order valence-electron chi connectivity index (χ0n) is 45.0. The molecule has 12 N–H and O–H groups in total. The van der Waals surface area contributed by atoms with Crippen LogP contribution < -0.4 is 21.3 Å². The van der Waals surface area contributed by atoms with Gasteiger partial charge in [-0.25, -0.2) is 48.7 Å². The quantitative estimate of drug-likeness (QED) is 0.0452. The predicted molar refractivity (Wildman–Crippen MR) is 318 cm³/mol. The van der Waals surface area contributed by atoms with Crippen LogP contribution in [0.4, 0.5) is 22.0 Å². The number of aromatic nitrogens is 16. The van der Waals surface area contributed by atoms with Gasteiger partial charge in [0.25, 0.3) is 30.1 Å². The number of aromatic amines is 8. The summed E-state index contributed by atoms with van der Waals surface area (Å²) in [5.41, 5.74) is 10.0. The minimum Gasteiger partial charge on any atom is -0.357 e. The lowest BCUT2D eigenvalue weighted by Gasteiger charge is -2.06. The molecule has 12 heterocycles.